The van der Waals surface area contributed by atoms with Crippen LogP contribution in [0.2, 0.25) is 5.02 Å². The Morgan fingerprint density at radius 3 is 2.43 bits per heavy atom. The second-order valence-corrected chi connectivity index (χ2v) is 9.01. The molecular formula is C20H23ClN4O4S. The van der Waals surface area contributed by atoms with Crippen molar-refractivity contribution >= 4 is 50.5 Å². The van der Waals surface area contributed by atoms with E-state index in [4.69, 9.17) is 11.6 Å². The maximum atomic E-state index is 12.4. The summed E-state index contributed by atoms with van der Waals surface area (Å²) in [5.74, 6) is -0.818. The summed E-state index contributed by atoms with van der Waals surface area (Å²) in [6, 6.07) is 11.7. The smallest absolute Gasteiger partial charge is 0.260 e. The summed E-state index contributed by atoms with van der Waals surface area (Å²) >= 11 is 6.09. The summed E-state index contributed by atoms with van der Waals surface area (Å²) < 4.78 is 25.3. The molecule has 30 heavy (non-hydrogen) atoms. The Kier molecular flexibility index (Phi) is 7.58. The standard InChI is InChI=1S/C20H23ClN4O4S/c1-13-8-9-18(11-19(13)21)25(30(4,28)29)12-20(27)24-23-14(2)16-6-5-7-17(10-16)22-15(3)26/h5-11H,12H2,1-4H3,(H,22,26)(H,24,27)/b23-14-. The second-order valence-electron chi connectivity index (χ2n) is 6.70. The fraction of sp³-hybridized carbons (Fsp3) is 0.250. The van der Waals surface area contributed by atoms with Crippen molar-refractivity contribution in [3.05, 3.63) is 58.6 Å². The molecule has 0 aromatic heterocycles. The van der Waals surface area contributed by atoms with E-state index >= 15 is 0 Å². The quantitative estimate of drug-likeness (QED) is 0.499. The lowest BCUT2D eigenvalue weighted by Crippen LogP contribution is -2.39. The maximum Gasteiger partial charge on any atom is 0.260 e. The van der Waals surface area contributed by atoms with Crippen LogP contribution in [0, 0.1) is 6.92 Å². The number of hydrogen-bond acceptors (Lipinski definition) is 5. The molecule has 0 bridgehead atoms. The number of hydrogen-bond donors (Lipinski definition) is 2. The minimum atomic E-state index is -3.73. The molecule has 0 saturated heterocycles. The van der Waals surface area contributed by atoms with Gasteiger partial charge >= 0.3 is 0 Å². The molecule has 8 nitrogen and oxygen atoms in total. The van der Waals surface area contributed by atoms with Gasteiger partial charge in [0.15, 0.2) is 0 Å². The largest absolute Gasteiger partial charge is 0.326 e. The fourth-order valence-corrected chi connectivity index (χ4v) is 3.56. The lowest BCUT2D eigenvalue weighted by molar-refractivity contribution is -0.119. The Hall–Kier alpha value is -2.91. The summed E-state index contributed by atoms with van der Waals surface area (Å²) in [4.78, 5) is 23.5. The minimum absolute atomic E-state index is 0.202. The molecule has 2 aromatic carbocycles. The summed E-state index contributed by atoms with van der Waals surface area (Å²) in [5, 5.41) is 7.10. The van der Waals surface area contributed by atoms with E-state index in [1.54, 1.807) is 50.2 Å². The van der Waals surface area contributed by atoms with Crippen LogP contribution in [0.15, 0.2) is 47.6 Å². The highest BCUT2D eigenvalue weighted by Gasteiger charge is 2.21. The molecular weight excluding hydrogens is 428 g/mol. The van der Waals surface area contributed by atoms with E-state index in [-0.39, 0.29) is 11.6 Å². The summed E-state index contributed by atoms with van der Waals surface area (Å²) in [6.45, 7) is 4.42. The number of anilines is 2. The van der Waals surface area contributed by atoms with Gasteiger partial charge in [0.05, 0.1) is 17.7 Å². The SMILES string of the molecule is CC(=O)Nc1cccc(/C(C)=N\NC(=O)CN(c2ccc(C)c(Cl)c2)S(C)(=O)=O)c1. The van der Waals surface area contributed by atoms with Crippen molar-refractivity contribution in [2.24, 2.45) is 5.10 Å². The van der Waals surface area contributed by atoms with E-state index in [9.17, 15) is 18.0 Å². The zero-order valence-corrected chi connectivity index (χ0v) is 18.6. The predicted molar refractivity (Wildman–Crippen MR) is 119 cm³/mol. The van der Waals surface area contributed by atoms with Crippen molar-refractivity contribution in [2.75, 3.05) is 22.4 Å². The van der Waals surface area contributed by atoms with E-state index in [1.807, 2.05) is 0 Å². The van der Waals surface area contributed by atoms with Gasteiger partial charge in [0.25, 0.3) is 5.91 Å². The third-order valence-electron chi connectivity index (χ3n) is 4.08. The average molecular weight is 451 g/mol. The summed E-state index contributed by atoms with van der Waals surface area (Å²) in [7, 11) is -3.73. The number of nitrogens with zero attached hydrogens (tertiary/aromatic N) is 2. The zero-order chi connectivity index (χ0) is 22.5. The topological polar surface area (TPSA) is 108 Å². The van der Waals surface area contributed by atoms with Crippen LogP contribution < -0.4 is 15.0 Å². The first-order valence-electron chi connectivity index (χ1n) is 8.92. The number of hydrazone groups is 1. The predicted octanol–water partition coefficient (Wildman–Crippen LogP) is 2.91. The first kappa shape index (κ1) is 23.4. The van der Waals surface area contributed by atoms with E-state index < -0.39 is 22.5 Å². The van der Waals surface area contributed by atoms with Crippen LogP contribution in [-0.4, -0.2) is 38.7 Å². The number of halogens is 1. The Bertz CT molecular complexity index is 1100. The molecule has 2 rings (SSSR count). The van der Waals surface area contributed by atoms with Crippen molar-refractivity contribution in [3.8, 4) is 0 Å². The lowest BCUT2D eigenvalue weighted by Gasteiger charge is -2.22. The number of nitrogens with one attached hydrogen (secondary N) is 2. The Morgan fingerprint density at radius 2 is 1.83 bits per heavy atom. The normalized spacial score (nSPS) is 11.7. The Morgan fingerprint density at radius 1 is 1.13 bits per heavy atom. The summed E-state index contributed by atoms with van der Waals surface area (Å²) in [5.41, 5.74) is 5.21. The first-order chi connectivity index (χ1) is 14.0. The number of aryl methyl sites for hydroxylation is 1. The highest BCUT2D eigenvalue weighted by Crippen LogP contribution is 2.24. The average Bonchev–Trinajstić information content (AvgIpc) is 2.65. The van der Waals surface area contributed by atoms with E-state index in [0.717, 1.165) is 16.1 Å². The Balaban J connectivity index is 2.15. The highest BCUT2D eigenvalue weighted by molar-refractivity contribution is 7.92. The number of sulfonamides is 1. The van der Waals surface area contributed by atoms with Gasteiger partial charge in [-0.15, -0.1) is 0 Å². The van der Waals surface area contributed by atoms with Gasteiger partial charge in [-0.3, -0.25) is 13.9 Å². The number of amides is 2. The third kappa shape index (κ3) is 6.57. The van der Waals surface area contributed by atoms with E-state index in [1.165, 1.54) is 13.0 Å². The molecule has 0 saturated carbocycles. The Labute approximate surface area is 181 Å². The minimum Gasteiger partial charge on any atom is -0.326 e. The van der Waals surface area contributed by atoms with Crippen molar-refractivity contribution in [2.45, 2.75) is 20.8 Å². The molecule has 0 spiro atoms. The molecule has 2 N–H and O–H groups in total. The molecule has 0 aliphatic carbocycles. The van der Waals surface area contributed by atoms with Crippen LogP contribution >= 0.6 is 11.6 Å². The second kappa shape index (κ2) is 9.73. The van der Waals surface area contributed by atoms with Crippen LogP contribution in [0.25, 0.3) is 0 Å². The van der Waals surface area contributed by atoms with Crippen molar-refractivity contribution < 1.29 is 18.0 Å². The van der Waals surface area contributed by atoms with E-state index in [0.29, 0.717) is 22.0 Å². The molecule has 0 aliphatic heterocycles. The molecule has 0 fully saturated rings. The van der Waals surface area contributed by atoms with Crippen LogP contribution in [0.3, 0.4) is 0 Å². The number of carbonyl (C=O) groups is 2. The van der Waals surface area contributed by atoms with Gasteiger partial charge in [-0.25, -0.2) is 13.8 Å². The van der Waals surface area contributed by atoms with Crippen LogP contribution in [0.4, 0.5) is 11.4 Å². The molecule has 10 heteroatoms. The highest BCUT2D eigenvalue weighted by atomic mass is 35.5. The summed E-state index contributed by atoms with van der Waals surface area (Å²) in [6.07, 6.45) is 1.01. The van der Waals surface area contributed by atoms with Crippen LogP contribution in [-0.2, 0) is 19.6 Å². The number of benzene rings is 2. The molecule has 160 valence electrons. The van der Waals surface area contributed by atoms with Crippen LogP contribution in [0.5, 0.6) is 0 Å². The van der Waals surface area contributed by atoms with Gasteiger partial charge in [-0.1, -0.05) is 29.8 Å². The zero-order valence-electron chi connectivity index (χ0n) is 17.1. The first-order valence-corrected chi connectivity index (χ1v) is 11.1. The number of carbonyl (C=O) groups excluding carboxylic acids is 2. The third-order valence-corrected chi connectivity index (χ3v) is 5.63. The molecule has 2 aromatic rings. The van der Waals surface area contributed by atoms with Crippen molar-refractivity contribution in [3.63, 3.8) is 0 Å². The molecule has 0 atom stereocenters. The fourth-order valence-electron chi connectivity index (χ4n) is 2.54. The molecule has 0 unspecified atom stereocenters. The van der Waals surface area contributed by atoms with Gasteiger partial charge in [0, 0.05) is 17.6 Å². The van der Waals surface area contributed by atoms with Gasteiger partial charge < -0.3 is 5.32 Å². The van der Waals surface area contributed by atoms with Gasteiger partial charge in [0.2, 0.25) is 15.9 Å². The molecule has 0 aliphatic rings. The molecule has 2 amide bonds. The van der Waals surface area contributed by atoms with Crippen molar-refractivity contribution in [1.82, 2.24) is 5.43 Å². The molecule has 0 radical (unpaired) electrons. The maximum absolute atomic E-state index is 12.4. The van der Waals surface area contributed by atoms with Gasteiger partial charge in [-0.2, -0.15) is 5.10 Å². The monoisotopic (exact) mass is 450 g/mol. The van der Waals surface area contributed by atoms with Crippen LogP contribution in [0.1, 0.15) is 25.0 Å². The van der Waals surface area contributed by atoms with Gasteiger partial charge in [-0.05, 0) is 49.2 Å². The molecule has 0 heterocycles. The lowest BCUT2D eigenvalue weighted by atomic mass is 10.1. The van der Waals surface area contributed by atoms with Gasteiger partial charge in [0.1, 0.15) is 6.54 Å². The van der Waals surface area contributed by atoms with Crippen molar-refractivity contribution in [1.29, 1.82) is 0 Å². The van der Waals surface area contributed by atoms with E-state index in [2.05, 4.69) is 15.8 Å². The number of rotatable bonds is 7.